The van der Waals surface area contributed by atoms with Gasteiger partial charge in [-0.05, 0) is 19.1 Å². The highest BCUT2D eigenvalue weighted by Crippen LogP contribution is 2.20. The molecule has 0 spiro atoms. The molecular formula is C13H15N3O3. The van der Waals surface area contributed by atoms with E-state index in [9.17, 15) is 14.4 Å². The van der Waals surface area contributed by atoms with Crippen LogP contribution >= 0.6 is 0 Å². The van der Waals surface area contributed by atoms with Gasteiger partial charge in [-0.2, -0.15) is 0 Å². The van der Waals surface area contributed by atoms with E-state index in [1.807, 2.05) is 6.07 Å². The standard InChI is InChI=1S/C13H15N3O3/c1-2-14-11(17)8-16-12(18)9-15(13(16)19)10-6-4-3-5-7-10/h3-7H,2,8-9H2,1H3,(H,14,17). The fourth-order valence-corrected chi connectivity index (χ4v) is 1.90. The van der Waals surface area contributed by atoms with E-state index in [0.717, 1.165) is 4.90 Å². The molecule has 0 aliphatic carbocycles. The number of hydrogen-bond acceptors (Lipinski definition) is 3. The summed E-state index contributed by atoms with van der Waals surface area (Å²) in [6.45, 7) is 2.00. The quantitative estimate of drug-likeness (QED) is 0.806. The Morgan fingerprint density at radius 1 is 1.26 bits per heavy atom. The van der Waals surface area contributed by atoms with Gasteiger partial charge in [-0.3, -0.25) is 19.4 Å². The molecule has 0 unspecified atom stereocenters. The molecule has 1 fully saturated rings. The van der Waals surface area contributed by atoms with E-state index >= 15 is 0 Å². The van der Waals surface area contributed by atoms with Gasteiger partial charge in [0.25, 0.3) is 5.91 Å². The Balaban J connectivity index is 2.11. The monoisotopic (exact) mass is 261 g/mol. The average molecular weight is 261 g/mol. The lowest BCUT2D eigenvalue weighted by molar-refractivity contribution is -0.130. The Hall–Kier alpha value is -2.37. The number of hydrogen-bond donors (Lipinski definition) is 1. The molecule has 1 N–H and O–H groups in total. The third kappa shape index (κ3) is 2.73. The molecule has 1 heterocycles. The highest BCUT2D eigenvalue weighted by Gasteiger charge is 2.37. The van der Waals surface area contributed by atoms with Crippen molar-refractivity contribution in [2.75, 3.05) is 24.5 Å². The third-order valence-corrected chi connectivity index (χ3v) is 2.80. The maximum Gasteiger partial charge on any atom is 0.332 e. The molecule has 0 bridgehead atoms. The number of nitrogens with zero attached hydrogens (tertiary/aromatic N) is 2. The Labute approximate surface area is 111 Å². The van der Waals surface area contributed by atoms with Crippen molar-refractivity contribution in [3.05, 3.63) is 30.3 Å². The minimum Gasteiger partial charge on any atom is -0.355 e. The second kappa shape index (κ2) is 5.51. The van der Waals surface area contributed by atoms with E-state index in [4.69, 9.17) is 0 Å². The van der Waals surface area contributed by atoms with Crippen molar-refractivity contribution in [1.29, 1.82) is 0 Å². The number of urea groups is 1. The summed E-state index contributed by atoms with van der Waals surface area (Å²) in [5, 5.41) is 2.56. The van der Waals surface area contributed by atoms with Crippen LogP contribution in [0.3, 0.4) is 0 Å². The van der Waals surface area contributed by atoms with Crippen LogP contribution in [0.4, 0.5) is 10.5 Å². The van der Waals surface area contributed by atoms with Crippen molar-refractivity contribution in [1.82, 2.24) is 10.2 Å². The largest absolute Gasteiger partial charge is 0.355 e. The van der Waals surface area contributed by atoms with Gasteiger partial charge in [-0.1, -0.05) is 18.2 Å². The summed E-state index contributed by atoms with van der Waals surface area (Å²) in [7, 11) is 0. The lowest BCUT2D eigenvalue weighted by atomic mass is 10.3. The molecular weight excluding hydrogens is 246 g/mol. The van der Waals surface area contributed by atoms with Crippen molar-refractivity contribution in [2.24, 2.45) is 0 Å². The first-order chi connectivity index (χ1) is 9.13. The van der Waals surface area contributed by atoms with Crippen molar-refractivity contribution in [3.63, 3.8) is 0 Å². The summed E-state index contributed by atoms with van der Waals surface area (Å²) in [5.41, 5.74) is 0.652. The second-order valence-corrected chi connectivity index (χ2v) is 4.14. The van der Waals surface area contributed by atoms with Gasteiger partial charge in [0.1, 0.15) is 13.1 Å². The van der Waals surface area contributed by atoms with Crippen LogP contribution < -0.4 is 10.2 Å². The van der Waals surface area contributed by atoms with E-state index < -0.39 is 6.03 Å². The highest BCUT2D eigenvalue weighted by atomic mass is 16.2. The lowest BCUT2D eigenvalue weighted by Crippen LogP contribution is -2.41. The maximum absolute atomic E-state index is 12.1. The Morgan fingerprint density at radius 2 is 1.95 bits per heavy atom. The first kappa shape index (κ1) is 13.1. The van der Waals surface area contributed by atoms with Gasteiger partial charge in [0, 0.05) is 12.2 Å². The molecule has 0 saturated carbocycles. The first-order valence-corrected chi connectivity index (χ1v) is 6.07. The smallest absolute Gasteiger partial charge is 0.332 e. The van der Waals surface area contributed by atoms with E-state index in [1.165, 1.54) is 4.90 Å². The summed E-state index contributed by atoms with van der Waals surface area (Å²) >= 11 is 0. The molecule has 0 radical (unpaired) electrons. The van der Waals surface area contributed by atoms with Gasteiger partial charge in [0.2, 0.25) is 5.91 Å². The number of carbonyl (C=O) groups excluding carboxylic acids is 3. The van der Waals surface area contributed by atoms with Crippen LogP contribution in [0.1, 0.15) is 6.92 Å². The van der Waals surface area contributed by atoms with Gasteiger partial charge in [0.05, 0.1) is 0 Å². The normalized spacial score (nSPS) is 15.0. The van der Waals surface area contributed by atoms with Gasteiger partial charge in [-0.25, -0.2) is 4.79 Å². The third-order valence-electron chi connectivity index (χ3n) is 2.80. The zero-order chi connectivity index (χ0) is 13.8. The average Bonchev–Trinajstić information content (AvgIpc) is 2.68. The second-order valence-electron chi connectivity index (χ2n) is 4.14. The number of anilines is 1. The highest BCUT2D eigenvalue weighted by molar-refractivity contribution is 6.13. The molecule has 6 heteroatoms. The van der Waals surface area contributed by atoms with Crippen LogP contribution in [0.25, 0.3) is 0 Å². The molecule has 6 nitrogen and oxygen atoms in total. The van der Waals surface area contributed by atoms with Crippen LogP contribution in [-0.2, 0) is 9.59 Å². The Kier molecular flexibility index (Phi) is 3.79. The summed E-state index contributed by atoms with van der Waals surface area (Å²) in [4.78, 5) is 37.7. The molecule has 1 aliphatic heterocycles. The van der Waals surface area contributed by atoms with E-state index in [2.05, 4.69) is 5.32 Å². The molecule has 1 saturated heterocycles. The van der Waals surface area contributed by atoms with Gasteiger partial charge in [0.15, 0.2) is 0 Å². The van der Waals surface area contributed by atoms with Crippen LogP contribution in [0, 0.1) is 0 Å². The van der Waals surface area contributed by atoms with E-state index in [0.29, 0.717) is 12.2 Å². The zero-order valence-corrected chi connectivity index (χ0v) is 10.6. The number of para-hydroxylation sites is 1. The Bertz CT molecular complexity index is 501. The number of rotatable bonds is 4. The predicted molar refractivity (Wildman–Crippen MR) is 69.6 cm³/mol. The summed E-state index contributed by atoms with van der Waals surface area (Å²) in [5.74, 6) is -0.695. The lowest BCUT2D eigenvalue weighted by Gasteiger charge is -2.16. The minimum atomic E-state index is -0.456. The molecule has 2 rings (SSSR count). The number of carbonyl (C=O) groups is 3. The van der Waals surface area contributed by atoms with Crippen LogP contribution in [0.15, 0.2) is 30.3 Å². The number of benzene rings is 1. The fraction of sp³-hybridized carbons (Fsp3) is 0.308. The van der Waals surface area contributed by atoms with Crippen LogP contribution in [0.2, 0.25) is 0 Å². The molecule has 0 aromatic heterocycles. The zero-order valence-electron chi connectivity index (χ0n) is 10.6. The van der Waals surface area contributed by atoms with Crippen molar-refractivity contribution in [2.45, 2.75) is 6.92 Å². The molecule has 1 aliphatic rings. The molecule has 0 atom stereocenters. The summed E-state index contributed by atoms with van der Waals surface area (Å²) in [6.07, 6.45) is 0. The maximum atomic E-state index is 12.1. The minimum absolute atomic E-state index is 0.0255. The molecule has 1 aromatic carbocycles. The first-order valence-electron chi connectivity index (χ1n) is 6.07. The van der Waals surface area contributed by atoms with Gasteiger partial charge >= 0.3 is 6.03 Å². The van der Waals surface area contributed by atoms with Gasteiger partial charge < -0.3 is 5.32 Å². The molecule has 1 aromatic rings. The number of imide groups is 1. The fourth-order valence-electron chi connectivity index (χ4n) is 1.90. The van der Waals surface area contributed by atoms with Gasteiger partial charge in [-0.15, -0.1) is 0 Å². The van der Waals surface area contributed by atoms with Crippen molar-refractivity contribution in [3.8, 4) is 0 Å². The molecule has 100 valence electrons. The van der Waals surface area contributed by atoms with Crippen LogP contribution in [-0.4, -0.2) is 42.4 Å². The number of amides is 4. The molecule has 19 heavy (non-hydrogen) atoms. The summed E-state index contributed by atoms with van der Waals surface area (Å²) < 4.78 is 0. The topological polar surface area (TPSA) is 69.7 Å². The van der Waals surface area contributed by atoms with Crippen molar-refractivity contribution < 1.29 is 14.4 Å². The predicted octanol–water partition coefficient (Wildman–Crippen LogP) is 0.591. The summed E-state index contributed by atoms with van der Waals surface area (Å²) in [6, 6.07) is 8.46. The molecule has 4 amide bonds. The van der Waals surface area contributed by atoms with E-state index in [1.54, 1.807) is 31.2 Å². The van der Waals surface area contributed by atoms with Crippen LogP contribution in [0.5, 0.6) is 0 Å². The van der Waals surface area contributed by atoms with Crippen molar-refractivity contribution >= 4 is 23.5 Å². The number of likely N-dealkylation sites (N-methyl/N-ethyl adjacent to an activating group) is 1. The SMILES string of the molecule is CCNC(=O)CN1C(=O)CN(c2ccccc2)C1=O. The Morgan fingerprint density at radius 3 is 2.58 bits per heavy atom. The number of nitrogens with one attached hydrogen (secondary N) is 1. The van der Waals surface area contributed by atoms with E-state index in [-0.39, 0.29) is 24.9 Å².